The fourth-order valence-electron chi connectivity index (χ4n) is 2.90. The molecule has 112 valence electrons. The molecule has 1 aliphatic rings. The van der Waals surface area contributed by atoms with Crippen LogP contribution in [0.25, 0.3) is 0 Å². The quantitative estimate of drug-likeness (QED) is 0.825. The Morgan fingerprint density at radius 3 is 2.70 bits per heavy atom. The molecule has 0 N–H and O–H groups in total. The lowest BCUT2D eigenvalue weighted by Gasteiger charge is -2.24. The molecular weight excluding hydrogens is 274 g/mol. The summed E-state index contributed by atoms with van der Waals surface area (Å²) in [7, 11) is 0.630. The van der Waals surface area contributed by atoms with Gasteiger partial charge in [-0.3, -0.25) is 4.98 Å². The second kappa shape index (κ2) is 6.20. The highest BCUT2D eigenvalue weighted by Gasteiger charge is 2.39. The molecule has 2 heterocycles. The van der Waals surface area contributed by atoms with Crippen LogP contribution in [-0.2, 0) is 10.0 Å². The third-order valence-electron chi connectivity index (χ3n) is 3.97. The second-order valence-corrected chi connectivity index (χ2v) is 7.53. The molecule has 1 fully saturated rings. The van der Waals surface area contributed by atoms with Gasteiger partial charge < -0.3 is 4.90 Å². The van der Waals surface area contributed by atoms with Crippen molar-refractivity contribution in [1.29, 1.82) is 0 Å². The maximum Gasteiger partial charge on any atom is 0.244 e. The summed E-state index contributed by atoms with van der Waals surface area (Å²) in [5, 5.41) is 0. The number of sulfonamides is 1. The van der Waals surface area contributed by atoms with E-state index in [1.807, 2.05) is 14.1 Å². The third kappa shape index (κ3) is 3.02. The van der Waals surface area contributed by atoms with Crippen molar-refractivity contribution >= 4 is 10.0 Å². The van der Waals surface area contributed by atoms with Crippen molar-refractivity contribution in [1.82, 2.24) is 14.2 Å². The highest BCUT2D eigenvalue weighted by Crippen LogP contribution is 2.29. The summed E-state index contributed by atoms with van der Waals surface area (Å²) in [5.74, 6) is 0.404. The predicted octanol–water partition coefficient (Wildman–Crippen LogP) is 1.43. The van der Waals surface area contributed by atoms with Gasteiger partial charge in [-0.2, -0.15) is 4.31 Å². The van der Waals surface area contributed by atoms with Crippen LogP contribution in [0.15, 0.2) is 29.4 Å². The number of aromatic nitrogens is 1. The van der Waals surface area contributed by atoms with Crippen LogP contribution in [0.5, 0.6) is 0 Å². The molecule has 0 amide bonds. The molecule has 1 aliphatic heterocycles. The Balaban J connectivity index is 2.22. The zero-order valence-electron chi connectivity index (χ0n) is 12.4. The van der Waals surface area contributed by atoms with Gasteiger partial charge in [-0.05, 0) is 38.6 Å². The molecule has 20 heavy (non-hydrogen) atoms. The average Bonchev–Trinajstić information content (AvgIpc) is 2.85. The summed E-state index contributed by atoms with van der Waals surface area (Å²) in [6, 6.07) is 3.57. The van der Waals surface area contributed by atoms with E-state index < -0.39 is 10.0 Å². The maximum absolute atomic E-state index is 12.6. The summed E-state index contributed by atoms with van der Waals surface area (Å²) in [6.07, 6.45) is 5.15. The van der Waals surface area contributed by atoms with Crippen LogP contribution in [0.4, 0.5) is 0 Å². The van der Waals surface area contributed by atoms with Crippen LogP contribution < -0.4 is 0 Å². The van der Waals surface area contributed by atoms with Crippen LogP contribution in [-0.4, -0.2) is 55.8 Å². The Labute approximate surface area is 121 Å². The van der Waals surface area contributed by atoms with Crippen LogP contribution in [0.1, 0.15) is 19.8 Å². The molecule has 1 saturated heterocycles. The van der Waals surface area contributed by atoms with Gasteiger partial charge in [-0.1, -0.05) is 13.3 Å². The first-order valence-corrected chi connectivity index (χ1v) is 8.47. The molecule has 0 spiro atoms. The molecule has 6 heteroatoms. The van der Waals surface area contributed by atoms with Crippen LogP contribution >= 0.6 is 0 Å². The second-order valence-electron chi connectivity index (χ2n) is 5.59. The molecule has 1 aromatic rings. The lowest BCUT2D eigenvalue weighted by atomic mass is 9.98. The fourth-order valence-corrected chi connectivity index (χ4v) is 4.38. The van der Waals surface area contributed by atoms with E-state index >= 15 is 0 Å². The zero-order chi connectivity index (χ0) is 14.8. The van der Waals surface area contributed by atoms with Crippen molar-refractivity contribution < 1.29 is 8.42 Å². The molecule has 0 radical (unpaired) electrons. The number of hydrogen-bond acceptors (Lipinski definition) is 4. The molecule has 0 bridgehead atoms. The highest BCUT2D eigenvalue weighted by molar-refractivity contribution is 7.89. The summed E-state index contributed by atoms with van der Waals surface area (Å²) in [6.45, 7) is 3.31. The van der Waals surface area contributed by atoms with Crippen LogP contribution in [0, 0.1) is 5.92 Å². The predicted molar refractivity (Wildman–Crippen MR) is 78.9 cm³/mol. The van der Waals surface area contributed by atoms with Crippen LogP contribution in [0.2, 0.25) is 0 Å². The van der Waals surface area contributed by atoms with E-state index in [-0.39, 0.29) is 4.90 Å². The van der Waals surface area contributed by atoms with Gasteiger partial charge in [0.05, 0.1) is 0 Å². The van der Waals surface area contributed by atoms with Gasteiger partial charge in [0.1, 0.15) is 4.90 Å². The van der Waals surface area contributed by atoms with E-state index in [1.165, 1.54) is 6.20 Å². The molecule has 0 aromatic carbocycles. The Morgan fingerprint density at radius 1 is 1.40 bits per heavy atom. The summed E-state index contributed by atoms with van der Waals surface area (Å²) >= 11 is 0. The fraction of sp³-hybridized carbons (Fsp3) is 0.643. The number of rotatable bonds is 5. The van der Waals surface area contributed by atoms with Gasteiger partial charge in [0.15, 0.2) is 0 Å². The summed E-state index contributed by atoms with van der Waals surface area (Å²) < 4.78 is 26.8. The van der Waals surface area contributed by atoms with E-state index in [0.717, 1.165) is 12.8 Å². The Kier molecular flexibility index (Phi) is 4.78. The normalized spacial score (nSPS) is 24.4. The zero-order valence-corrected chi connectivity index (χ0v) is 13.2. The Hall–Kier alpha value is -0.980. The topological polar surface area (TPSA) is 53.5 Å². The molecule has 5 nitrogen and oxygen atoms in total. The van der Waals surface area contributed by atoms with Crippen molar-refractivity contribution in [2.75, 3.05) is 27.2 Å². The molecule has 1 aromatic heterocycles. The summed E-state index contributed by atoms with van der Waals surface area (Å²) in [5.41, 5.74) is 0. The van der Waals surface area contributed by atoms with E-state index in [4.69, 9.17) is 0 Å². The number of pyridine rings is 1. The minimum absolute atomic E-state index is 0.287. The smallest absolute Gasteiger partial charge is 0.244 e. The Morgan fingerprint density at radius 2 is 2.15 bits per heavy atom. The molecule has 2 rings (SSSR count). The van der Waals surface area contributed by atoms with Crippen molar-refractivity contribution in [3.63, 3.8) is 0 Å². The molecule has 0 saturated carbocycles. The average molecular weight is 297 g/mol. The van der Waals surface area contributed by atoms with E-state index in [0.29, 0.717) is 25.0 Å². The van der Waals surface area contributed by atoms with Gasteiger partial charge in [-0.15, -0.1) is 0 Å². The van der Waals surface area contributed by atoms with Crippen molar-refractivity contribution in [3.8, 4) is 0 Å². The number of nitrogens with zero attached hydrogens (tertiary/aromatic N) is 3. The first kappa shape index (κ1) is 15.4. The molecule has 2 atom stereocenters. The standard InChI is InChI=1S/C14H23N3O2S/c1-4-6-12-10-17(11-14(12)16(2)3)20(18,19)13-7-5-8-15-9-13/h5,7-9,12,14H,4,6,10-11H2,1-3H3/t12-,14-/m1/s1. The van der Waals surface area contributed by atoms with Crippen molar-refractivity contribution in [2.45, 2.75) is 30.7 Å². The lowest BCUT2D eigenvalue weighted by Crippen LogP contribution is -2.36. The molecule has 0 aliphatic carbocycles. The van der Waals surface area contributed by atoms with Crippen molar-refractivity contribution in [2.24, 2.45) is 5.92 Å². The SMILES string of the molecule is CCC[C@@H]1CN(S(=O)(=O)c2cccnc2)C[C@H]1N(C)C. The van der Waals surface area contributed by atoms with Gasteiger partial charge in [0.25, 0.3) is 0 Å². The minimum Gasteiger partial charge on any atom is -0.305 e. The van der Waals surface area contributed by atoms with Gasteiger partial charge >= 0.3 is 0 Å². The number of hydrogen-bond donors (Lipinski definition) is 0. The minimum atomic E-state index is -3.41. The first-order chi connectivity index (χ1) is 9.46. The lowest BCUT2D eigenvalue weighted by molar-refractivity contribution is 0.244. The van der Waals surface area contributed by atoms with Crippen LogP contribution in [0.3, 0.4) is 0 Å². The van der Waals surface area contributed by atoms with Gasteiger partial charge in [-0.25, -0.2) is 8.42 Å². The van der Waals surface area contributed by atoms with Crippen molar-refractivity contribution in [3.05, 3.63) is 24.5 Å². The van der Waals surface area contributed by atoms with E-state index in [2.05, 4.69) is 16.8 Å². The van der Waals surface area contributed by atoms with E-state index in [9.17, 15) is 8.42 Å². The largest absolute Gasteiger partial charge is 0.305 e. The third-order valence-corrected chi connectivity index (χ3v) is 5.78. The first-order valence-electron chi connectivity index (χ1n) is 7.03. The van der Waals surface area contributed by atoms with Gasteiger partial charge in [0, 0.05) is 31.5 Å². The monoisotopic (exact) mass is 297 g/mol. The summed E-state index contributed by atoms with van der Waals surface area (Å²) in [4.78, 5) is 6.34. The Bertz CT molecular complexity index is 531. The maximum atomic E-state index is 12.6. The molecule has 0 unspecified atom stereocenters. The van der Waals surface area contributed by atoms with E-state index in [1.54, 1.807) is 22.6 Å². The molecular formula is C14H23N3O2S. The number of likely N-dealkylation sites (N-methyl/N-ethyl adjacent to an activating group) is 1. The highest BCUT2D eigenvalue weighted by atomic mass is 32.2. The van der Waals surface area contributed by atoms with Gasteiger partial charge in [0.2, 0.25) is 10.0 Å².